The van der Waals surface area contributed by atoms with Crippen LogP contribution in [0.15, 0.2) is 35.4 Å². The lowest BCUT2D eigenvalue weighted by Gasteiger charge is -2.03. The highest BCUT2D eigenvalue weighted by molar-refractivity contribution is 9.12. The van der Waals surface area contributed by atoms with Crippen molar-refractivity contribution in [1.29, 1.82) is 0 Å². The van der Waals surface area contributed by atoms with Gasteiger partial charge in [0.05, 0.1) is 7.57 Å². The number of nitrogens with zero attached hydrogens (tertiary/aromatic N) is 1. The molecule has 0 spiro atoms. The molecule has 0 aliphatic heterocycles. The number of nitrogens with one attached hydrogen (secondary N) is 1. The van der Waals surface area contributed by atoms with Crippen molar-refractivity contribution < 1.29 is 4.79 Å². The van der Waals surface area contributed by atoms with Crippen LogP contribution in [0.4, 0.5) is 0 Å². The highest BCUT2D eigenvalue weighted by Gasteiger charge is 2.14. The van der Waals surface area contributed by atoms with Crippen LogP contribution >= 0.6 is 43.2 Å². The standard InChI is InChI=1S/C10H6Br2N2O3S/c11-7-3-5(10(12)18-7)6(15)4-14-9(17)2-1-8(16)13-14/h1-3H,4H2,(H,13,16). The number of rotatable bonds is 3. The topological polar surface area (TPSA) is 71.9 Å². The maximum absolute atomic E-state index is 12.0. The zero-order valence-electron chi connectivity index (χ0n) is 8.78. The third-order valence-corrected chi connectivity index (χ3v) is 4.49. The van der Waals surface area contributed by atoms with Crippen molar-refractivity contribution >= 4 is 49.0 Å². The fraction of sp³-hybridized carbons (Fsp3) is 0.100. The Morgan fingerprint density at radius 1 is 1.33 bits per heavy atom. The summed E-state index contributed by atoms with van der Waals surface area (Å²) in [5, 5.41) is 2.31. The Balaban J connectivity index is 2.32. The first-order chi connectivity index (χ1) is 8.47. The molecular weight excluding hydrogens is 388 g/mol. The predicted octanol–water partition coefficient (Wildman–Crippen LogP) is 2.01. The van der Waals surface area contributed by atoms with Gasteiger partial charge in [0.15, 0.2) is 5.78 Å². The van der Waals surface area contributed by atoms with Crippen LogP contribution in [0.25, 0.3) is 0 Å². The van der Waals surface area contributed by atoms with Crippen molar-refractivity contribution in [3.05, 3.63) is 52.0 Å². The lowest BCUT2D eigenvalue weighted by Crippen LogP contribution is -2.30. The summed E-state index contributed by atoms with van der Waals surface area (Å²) in [6.07, 6.45) is 0. The maximum Gasteiger partial charge on any atom is 0.265 e. The van der Waals surface area contributed by atoms with Gasteiger partial charge in [-0.05, 0) is 37.9 Å². The third-order valence-electron chi connectivity index (χ3n) is 2.15. The molecule has 8 heteroatoms. The Kier molecular flexibility index (Phi) is 3.98. The van der Waals surface area contributed by atoms with Crippen LogP contribution in [0.1, 0.15) is 10.4 Å². The number of ketones is 1. The summed E-state index contributed by atoms with van der Waals surface area (Å²) < 4.78 is 2.49. The molecule has 18 heavy (non-hydrogen) atoms. The zero-order valence-corrected chi connectivity index (χ0v) is 12.8. The molecule has 0 aliphatic rings. The highest BCUT2D eigenvalue weighted by atomic mass is 79.9. The summed E-state index contributed by atoms with van der Waals surface area (Å²) in [6, 6.07) is 3.92. The van der Waals surface area contributed by atoms with Gasteiger partial charge in [-0.25, -0.2) is 4.68 Å². The normalized spacial score (nSPS) is 10.6. The summed E-state index contributed by atoms with van der Waals surface area (Å²) in [5.41, 5.74) is -0.371. The molecule has 0 radical (unpaired) electrons. The molecule has 1 N–H and O–H groups in total. The van der Waals surface area contributed by atoms with Crippen LogP contribution in [0.5, 0.6) is 0 Å². The molecule has 0 bridgehead atoms. The average molecular weight is 394 g/mol. The first-order valence-electron chi connectivity index (χ1n) is 4.75. The van der Waals surface area contributed by atoms with Crippen molar-refractivity contribution in [3.8, 4) is 0 Å². The quantitative estimate of drug-likeness (QED) is 0.810. The molecule has 0 fully saturated rings. The van der Waals surface area contributed by atoms with Gasteiger partial charge in [-0.3, -0.25) is 19.5 Å². The predicted molar refractivity (Wildman–Crippen MR) is 75.4 cm³/mol. The van der Waals surface area contributed by atoms with Crippen molar-refractivity contribution in [2.75, 3.05) is 0 Å². The monoisotopic (exact) mass is 392 g/mol. The summed E-state index contributed by atoms with van der Waals surface area (Å²) in [4.78, 5) is 34.5. The van der Waals surface area contributed by atoms with Gasteiger partial charge in [0.25, 0.3) is 11.1 Å². The summed E-state index contributed by atoms with van der Waals surface area (Å²) >= 11 is 7.91. The fourth-order valence-electron chi connectivity index (χ4n) is 1.34. The van der Waals surface area contributed by atoms with Gasteiger partial charge >= 0.3 is 0 Å². The molecule has 0 atom stereocenters. The minimum Gasteiger partial charge on any atom is -0.292 e. The van der Waals surface area contributed by atoms with Crippen LogP contribution in [-0.4, -0.2) is 15.6 Å². The Bertz CT molecular complexity index is 716. The molecule has 2 aromatic rings. The van der Waals surface area contributed by atoms with Crippen LogP contribution < -0.4 is 11.1 Å². The number of Topliss-reactive ketones (excluding diaryl/α,β-unsaturated/α-hetero) is 1. The molecule has 0 aliphatic carbocycles. The van der Waals surface area contributed by atoms with E-state index in [4.69, 9.17) is 0 Å². The van der Waals surface area contributed by atoms with Crippen LogP contribution in [0.2, 0.25) is 0 Å². The Labute approximate surface area is 122 Å². The molecule has 0 saturated heterocycles. The minimum atomic E-state index is -0.423. The molecule has 2 aromatic heterocycles. The maximum atomic E-state index is 12.0. The van der Waals surface area contributed by atoms with Crippen molar-refractivity contribution in [3.63, 3.8) is 0 Å². The molecular formula is C10H6Br2N2O3S. The summed E-state index contributed by atoms with van der Waals surface area (Å²) in [6.45, 7) is -0.198. The van der Waals surface area contributed by atoms with Gasteiger partial charge in [-0.2, -0.15) is 0 Å². The van der Waals surface area contributed by atoms with Gasteiger partial charge in [-0.1, -0.05) is 0 Å². The van der Waals surface area contributed by atoms with Gasteiger partial charge in [0, 0.05) is 17.7 Å². The fourth-order valence-corrected chi connectivity index (χ4v) is 4.19. The lowest BCUT2D eigenvalue weighted by atomic mass is 10.2. The van der Waals surface area contributed by atoms with E-state index >= 15 is 0 Å². The average Bonchev–Trinajstić information content (AvgIpc) is 2.63. The van der Waals surface area contributed by atoms with Gasteiger partial charge in [0.2, 0.25) is 0 Å². The van der Waals surface area contributed by atoms with Crippen LogP contribution in [0, 0.1) is 0 Å². The molecule has 2 heterocycles. The second-order valence-electron chi connectivity index (χ2n) is 3.39. The van der Waals surface area contributed by atoms with Crippen molar-refractivity contribution in [1.82, 2.24) is 9.78 Å². The van der Waals surface area contributed by atoms with Gasteiger partial charge in [0.1, 0.15) is 6.54 Å². The Hall–Kier alpha value is -0.990. The van der Waals surface area contributed by atoms with E-state index in [1.165, 1.54) is 11.3 Å². The van der Waals surface area contributed by atoms with E-state index in [0.717, 1.165) is 20.6 Å². The minimum absolute atomic E-state index is 0.198. The number of halogens is 2. The third kappa shape index (κ3) is 2.88. The molecule has 0 aromatic carbocycles. The number of aromatic nitrogens is 2. The first-order valence-corrected chi connectivity index (χ1v) is 7.16. The van der Waals surface area contributed by atoms with E-state index in [2.05, 4.69) is 37.0 Å². The van der Waals surface area contributed by atoms with Crippen molar-refractivity contribution in [2.45, 2.75) is 6.54 Å². The number of aromatic amines is 1. The largest absolute Gasteiger partial charge is 0.292 e. The van der Waals surface area contributed by atoms with Gasteiger partial charge in [-0.15, -0.1) is 11.3 Å². The molecule has 0 saturated carbocycles. The van der Waals surface area contributed by atoms with E-state index in [-0.39, 0.29) is 12.3 Å². The number of H-pyrrole nitrogens is 1. The molecule has 0 amide bonds. The van der Waals surface area contributed by atoms with E-state index < -0.39 is 11.1 Å². The zero-order chi connectivity index (χ0) is 13.3. The number of hydrogen-bond donors (Lipinski definition) is 1. The molecule has 94 valence electrons. The SMILES string of the molecule is O=C(Cn1[nH]c(=O)ccc1=O)c1cc(Br)sc1Br. The van der Waals surface area contributed by atoms with Crippen LogP contribution in [-0.2, 0) is 6.54 Å². The number of carbonyl (C=O) groups excluding carboxylic acids is 1. The van der Waals surface area contributed by atoms with E-state index in [1.54, 1.807) is 6.07 Å². The van der Waals surface area contributed by atoms with E-state index in [9.17, 15) is 14.4 Å². The summed E-state index contributed by atoms with van der Waals surface area (Å²) in [5.74, 6) is -0.257. The smallest absolute Gasteiger partial charge is 0.265 e. The Morgan fingerprint density at radius 3 is 2.67 bits per heavy atom. The van der Waals surface area contributed by atoms with E-state index in [0.29, 0.717) is 9.35 Å². The molecule has 5 nitrogen and oxygen atoms in total. The highest BCUT2D eigenvalue weighted by Crippen LogP contribution is 2.32. The Morgan fingerprint density at radius 2 is 2.06 bits per heavy atom. The molecule has 2 rings (SSSR count). The summed E-state index contributed by atoms with van der Waals surface area (Å²) in [7, 11) is 0. The second kappa shape index (κ2) is 5.33. The second-order valence-corrected chi connectivity index (χ2v) is 7.14. The van der Waals surface area contributed by atoms with Crippen molar-refractivity contribution in [2.24, 2.45) is 0 Å². The number of hydrogen-bond acceptors (Lipinski definition) is 4. The van der Waals surface area contributed by atoms with E-state index in [1.807, 2.05) is 0 Å². The first kappa shape index (κ1) is 13.4. The number of thiophene rings is 1. The van der Waals surface area contributed by atoms with Crippen LogP contribution in [0.3, 0.4) is 0 Å². The molecule has 0 unspecified atom stereocenters. The lowest BCUT2D eigenvalue weighted by molar-refractivity contribution is 0.0965. The number of carbonyl (C=O) groups is 1. The van der Waals surface area contributed by atoms with Gasteiger partial charge < -0.3 is 0 Å².